The lowest BCUT2D eigenvalue weighted by Gasteiger charge is -2.27. The topological polar surface area (TPSA) is 74.4 Å². The average Bonchev–Trinajstić information content (AvgIpc) is 2.75. The molecule has 0 amide bonds. The summed E-state index contributed by atoms with van der Waals surface area (Å²) in [7, 11) is -3.49. The lowest BCUT2D eigenvalue weighted by atomic mass is 10.2. The van der Waals surface area contributed by atoms with Gasteiger partial charge in [0.05, 0.1) is 5.57 Å². The van der Waals surface area contributed by atoms with Gasteiger partial charge in [0.15, 0.2) is 0 Å². The first-order valence-electron chi connectivity index (χ1n) is 3.46. The number of carbonyl (C=O) groups is 1. The van der Waals surface area contributed by atoms with Crippen molar-refractivity contribution < 1.29 is 27.7 Å². The summed E-state index contributed by atoms with van der Waals surface area (Å²) in [6, 6.07) is 0. The first-order valence-corrected chi connectivity index (χ1v) is 4.92. The van der Waals surface area contributed by atoms with Crippen LogP contribution in [0.2, 0.25) is 0 Å². The number of allylic oxidation sites excluding steroid dienone is 1. The Kier molecular flexibility index (Phi) is 0.944. The smallest absolute Gasteiger partial charge is 0.411 e. The lowest BCUT2D eigenvalue weighted by Crippen LogP contribution is -2.16. The monoisotopic (exact) mass is 202 g/mol. The van der Waals surface area contributed by atoms with Crippen molar-refractivity contribution in [2.45, 2.75) is 6.92 Å². The minimum Gasteiger partial charge on any atom is -0.411 e. The molecular weight excluding hydrogens is 199 g/mol. The maximum Gasteiger partial charge on any atom is 0.654 e. The van der Waals surface area contributed by atoms with E-state index >= 15 is 0 Å². The zero-order chi connectivity index (χ0) is 9.22. The molecule has 0 N–H and O–H groups in total. The van der Waals surface area contributed by atoms with Gasteiger partial charge in [0.2, 0.25) is 5.78 Å². The second kappa shape index (κ2) is 1.75. The standard InChI is InChI=1S/C6H3O6P/c1-2-3(7)4-6(9-4)12-13(8)10-5(2)11-13/h1H3. The molecule has 0 aromatic heterocycles. The van der Waals surface area contributed by atoms with Crippen LogP contribution in [0.25, 0.3) is 0 Å². The van der Waals surface area contributed by atoms with E-state index in [-0.39, 0.29) is 29.0 Å². The van der Waals surface area contributed by atoms with Gasteiger partial charge >= 0.3 is 19.7 Å². The first-order chi connectivity index (χ1) is 6.09. The molecule has 4 heterocycles. The predicted octanol–water partition coefficient (Wildman–Crippen LogP) is 1.17. The summed E-state index contributed by atoms with van der Waals surface area (Å²) in [5.74, 6) is -0.389. The van der Waals surface area contributed by atoms with Crippen LogP contribution in [0, 0.1) is 0 Å². The second-order valence-electron chi connectivity index (χ2n) is 2.68. The summed E-state index contributed by atoms with van der Waals surface area (Å²) in [4.78, 5) is 11.3. The van der Waals surface area contributed by atoms with Crippen LogP contribution in [0.15, 0.2) is 23.2 Å². The van der Waals surface area contributed by atoms with Gasteiger partial charge in [-0.3, -0.25) is 4.79 Å². The lowest BCUT2D eigenvalue weighted by molar-refractivity contribution is -0.113. The maximum atomic E-state index is 11.3. The molecule has 68 valence electrons. The van der Waals surface area contributed by atoms with Gasteiger partial charge in [-0.25, -0.2) is 0 Å². The molecular formula is C6H3O6P. The predicted molar refractivity (Wildman–Crippen MR) is 36.7 cm³/mol. The van der Waals surface area contributed by atoms with Crippen LogP contribution < -0.4 is 0 Å². The number of phosphoric acid groups is 1. The molecule has 0 atom stereocenters. The van der Waals surface area contributed by atoms with Crippen LogP contribution >= 0.6 is 7.82 Å². The Morgan fingerprint density at radius 3 is 2.46 bits per heavy atom. The number of fused-ring (bicyclic) bond motifs is 1. The van der Waals surface area contributed by atoms with Gasteiger partial charge in [0.25, 0.3) is 5.76 Å². The molecule has 7 heteroatoms. The Balaban J connectivity index is 2.12. The highest BCUT2D eigenvalue weighted by Gasteiger charge is 2.55. The highest BCUT2D eigenvalue weighted by molar-refractivity contribution is 7.50. The van der Waals surface area contributed by atoms with Crippen LogP contribution in [0.3, 0.4) is 0 Å². The van der Waals surface area contributed by atoms with Gasteiger partial charge in [-0.1, -0.05) is 0 Å². The zero-order valence-electron chi connectivity index (χ0n) is 6.40. The van der Waals surface area contributed by atoms with Crippen molar-refractivity contribution >= 4 is 13.6 Å². The summed E-state index contributed by atoms with van der Waals surface area (Å²) >= 11 is 0. The van der Waals surface area contributed by atoms with Crippen molar-refractivity contribution in [3.63, 3.8) is 0 Å². The van der Waals surface area contributed by atoms with E-state index in [1.807, 2.05) is 0 Å². The highest BCUT2D eigenvalue weighted by atomic mass is 31.2. The Bertz CT molecular complexity index is 432. The third-order valence-corrected chi connectivity index (χ3v) is 2.94. The molecule has 0 saturated carbocycles. The normalized spacial score (nSPS) is 34.1. The molecule has 0 radical (unpaired) electrons. The van der Waals surface area contributed by atoms with Crippen molar-refractivity contribution in [3.05, 3.63) is 23.2 Å². The van der Waals surface area contributed by atoms with Gasteiger partial charge in [0, 0.05) is 0 Å². The maximum absolute atomic E-state index is 11.3. The molecule has 4 aliphatic rings. The van der Waals surface area contributed by atoms with Crippen molar-refractivity contribution in [1.29, 1.82) is 0 Å². The third-order valence-electron chi connectivity index (χ3n) is 1.78. The van der Waals surface area contributed by atoms with Crippen molar-refractivity contribution in [2.24, 2.45) is 0 Å². The van der Waals surface area contributed by atoms with E-state index in [1.165, 1.54) is 6.92 Å². The zero-order valence-corrected chi connectivity index (χ0v) is 7.29. The van der Waals surface area contributed by atoms with E-state index < -0.39 is 7.82 Å². The van der Waals surface area contributed by atoms with Crippen molar-refractivity contribution in [2.75, 3.05) is 0 Å². The van der Waals surface area contributed by atoms with E-state index in [2.05, 4.69) is 9.26 Å². The second-order valence-corrected chi connectivity index (χ2v) is 4.12. The molecule has 0 aromatic carbocycles. The summed E-state index contributed by atoms with van der Waals surface area (Å²) in [5.41, 5.74) is 0.236. The summed E-state index contributed by atoms with van der Waals surface area (Å²) in [6.45, 7) is 1.50. The third kappa shape index (κ3) is 0.781. The number of hydrogen-bond donors (Lipinski definition) is 0. The first kappa shape index (κ1) is 7.03. The molecule has 0 aliphatic carbocycles. The fraction of sp³-hybridized carbons (Fsp3) is 0.167. The van der Waals surface area contributed by atoms with Gasteiger partial charge < -0.3 is 18.3 Å². The number of rotatable bonds is 0. The largest absolute Gasteiger partial charge is 0.654 e. The molecule has 0 unspecified atom stereocenters. The van der Waals surface area contributed by atoms with Gasteiger partial charge in [-0.15, -0.1) is 0 Å². The average molecular weight is 202 g/mol. The number of carbonyl (C=O) groups excluding carboxylic acids is 1. The van der Waals surface area contributed by atoms with Gasteiger partial charge in [-0.2, -0.15) is 4.57 Å². The van der Waals surface area contributed by atoms with E-state index in [0.29, 0.717) is 0 Å². The molecule has 6 nitrogen and oxygen atoms in total. The van der Waals surface area contributed by atoms with E-state index in [0.717, 1.165) is 0 Å². The Morgan fingerprint density at radius 2 is 1.77 bits per heavy atom. The molecule has 0 aromatic rings. The number of ether oxygens (including phenoxy) is 1. The molecule has 0 spiro atoms. The Labute approximate surface area is 72.3 Å². The van der Waals surface area contributed by atoms with Gasteiger partial charge in [-0.05, 0) is 6.92 Å². The van der Waals surface area contributed by atoms with E-state index in [4.69, 9.17) is 9.05 Å². The molecule has 2 bridgehead atoms. The number of Topliss-reactive ketones (excluding diaryl/α,β-unsaturated/α-hetero) is 1. The van der Waals surface area contributed by atoms with Crippen LogP contribution in [0.4, 0.5) is 0 Å². The fourth-order valence-electron chi connectivity index (χ4n) is 1.01. The Morgan fingerprint density at radius 1 is 1.15 bits per heavy atom. The quantitative estimate of drug-likeness (QED) is 0.549. The molecule has 1 saturated heterocycles. The number of ketones is 1. The minimum absolute atomic E-state index is 0.0459. The Hall–Kier alpha value is -1.42. The molecule has 4 rings (SSSR count). The summed E-state index contributed by atoms with van der Waals surface area (Å²) in [6.07, 6.45) is 0. The fourth-order valence-corrected chi connectivity index (χ4v) is 2.11. The van der Waals surface area contributed by atoms with Crippen molar-refractivity contribution in [3.8, 4) is 0 Å². The summed E-state index contributed by atoms with van der Waals surface area (Å²) in [5, 5.41) is 0. The summed E-state index contributed by atoms with van der Waals surface area (Å²) < 4.78 is 30.0. The molecule has 13 heavy (non-hydrogen) atoms. The van der Waals surface area contributed by atoms with E-state index in [1.54, 1.807) is 0 Å². The van der Waals surface area contributed by atoms with Crippen LogP contribution in [0.5, 0.6) is 0 Å². The molecule has 1 fully saturated rings. The SMILES string of the molecule is CC1=C2OP(=O)(O2)OC2=C(O2)C1=O. The minimum atomic E-state index is -3.49. The highest BCUT2D eigenvalue weighted by Crippen LogP contribution is 2.67. The van der Waals surface area contributed by atoms with Crippen LogP contribution in [0.1, 0.15) is 6.92 Å². The van der Waals surface area contributed by atoms with Crippen LogP contribution in [-0.2, 0) is 27.7 Å². The van der Waals surface area contributed by atoms with E-state index in [9.17, 15) is 9.36 Å². The molecule has 4 aliphatic heterocycles. The van der Waals surface area contributed by atoms with Crippen molar-refractivity contribution in [1.82, 2.24) is 0 Å². The number of hydrogen-bond acceptors (Lipinski definition) is 6. The van der Waals surface area contributed by atoms with Gasteiger partial charge in [0.1, 0.15) is 0 Å². The van der Waals surface area contributed by atoms with Crippen LogP contribution in [-0.4, -0.2) is 5.78 Å². The number of phosphoric ester groups is 1.